The molecule has 10 nitrogen and oxygen atoms in total. The van der Waals surface area contributed by atoms with Crippen LogP contribution in [0.15, 0.2) is 42.5 Å². The fourth-order valence-electron chi connectivity index (χ4n) is 7.15. The number of rotatable bonds is 12. The van der Waals surface area contributed by atoms with E-state index < -0.39 is 62.5 Å². The number of hydrogen-bond acceptors (Lipinski definition) is 10. The van der Waals surface area contributed by atoms with Crippen molar-refractivity contribution >= 4 is 32.0 Å². The van der Waals surface area contributed by atoms with Gasteiger partial charge in [0.25, 0.3) is 0 Å². The Labute approximate surface area is 297 Å². The lowest BCUT2D eigenvalue weighted by Gasteiger charge is -2.44. The highest BCUT2D eigenvalue weighted by atomic mass is 28.3. The van der Waals surface area contributed by atoms with E-state index in [0.29, 0.717) is 34.4 Å². The Morgan fingerprint density at radius 1 is 0.720 bits per heavy atom. The van der Waals surface area contributed by atoms with Gasteiger partial charge in [0, 0.05) is 38.8 Å². The second kappa shape index (κ2) is 17.7. The van der Waals surface area contributed by atoms with Gasteiger partial charge in [-0.2, -0.15) is 0 Å². The van der Waals surface area contributed by atoms with E-state index in [2.05, 4.69) is 65.1 Å². The molecule has 0 amide bonds. The molecular weight excluding hydrogens is 657 g/mol. The monoisotopic (exact) mass is 708 g/mol. The zero-order valence-corrected chi connectivity index (χ0v) is 32.2. The average molecular weight is 709 g/mol. The summed E-state index contributed by atoms with van der Waals surface area (Å²) in [5.41, 5.74) is 8.83. The third-order valence-corrected chi connectivity index (χ3v) is 15.5. The standard InChI is InChI=1S/C39H52O10Si/c1-23(2)50(24(3)4,25(5)6)19-18-30-12-14-31(15-13-30)20-32-16-17-34(44-11)33(21-32)36-38(47-28(9)42)39(48-29(10)43)37(46-27(8)41)35(49-36)22-45-26(7)40/h12-17,21,23-25,35-39H,20,22H2,1-11H3/t35-,36+,37-,38+,39+/m1/s1. The van der Waals surface area contributed by atoms with Gasteiger partial charge in [0.15, 0.2) is 18.3 Å². The molecule has 0 bridgehead atoms. The molecule has 1 aliphatic rings. The summed E-state index contributed by atoms with van der Waals surface area (Å²) in [5, 5.41) is 0. The van der Waals surface area contributed by atoms with Crippen molar-refractivity contribution in [2.24, 2.45) is 0 Å². The topological polar surface area (TPSA) is 124 Å². The second-order valence-corrected chi connectivity index (χ2v) is 19.3. The Morgan fingerprint density at radius 3 is 1.74 bits per heavy atom. The smallest absolute Gasteiger partial charge is 0.303 e. The van der Waals surface area contributed by atoms with E-state index in [-0.39, 0.29) is 6.61 Å². The first-order valence-corrected chi connectivity index (χ1v) is 19.3. The normalized spacial score (nSPS) is 20.5. The van der Waals surface area contributed by atoms with Gasteiger partial charge in [0.2, 0.25) is 0 Å². The van der Waals surface area contributed by atoms with Gasteiger partial charge in [-0.25, -0.2) is 0 Å². The van der Waals surface area contributed by atoms with Gasteiger partial charge in [-0.1, -0.05) is 65.7 Å². The molecule has 0 N–H and O–H groups in total. The summed E-state index contributed by atoms with van der Waals surface area (Å²) in [5.74, 6) is 1.27. The zero-order chi connectivity index (χ0) is 37.3. The van der Waals surface area contributed by atoms with Crippen molar-refractivity contribution in [1.82, 2.24) is 0 Å². The molecule has 1 saturated heterocycles. The molecular formula is C39H52O10Si. The maximum Gasteiger partial charge on any atom is 0.303 e. The number of hydrogen-bond donors (Lipinski definition) is 0. The van der Waals surface area contributed by atoms with Crippen molar-refractivity contribution in [2.45, 2.75) is 123 Å². The highest BCUT2D eigenvalue weighted by Gasteiger charge is 2.53. The molecule has 11 heteroatoms. The Bertz CT molecular complexity index is 1550. The number of carbonyl (C=O) groups excluding carboxylic acids is 4. The second-order valence-electron chi connectivity index (χ2n) is 13.7. The molecule has 2 aromatic rings. The van der Waals surface area contributed by atoms with Crippen LogP contribution in [-0.4, -0.2) is 70.1 Å². The fourth-order valence-corrected chi connectivity index (χ4v) is 12.4. The van der Waals surface area contributed by atoms with Crippen molar-refractivity contribution < 1.29 is 47.6 Å². The first kappa shape index (κ1) is 40.3. The molecule has 272 valence electrons. The first-order valence-electron chi connectivity index (χ1n) is 17.1. The van der Waals surface area contributed by atoms with Crippen LogP contribution in [0.5, 0.6) is 5.75 Å². The van der Waals surface area contributed by atoms with Crippen LogP contribution in [0.4, 0.5) is 0 Å². The Balaban J connectivity index is 2.04. The molecule has 0 aliphatic carbocycles. The Morgan fingerprint density at radius 2 is 1.24 bits per heavy atom. The number of methoxy groups -OCH3 is 1. The third-order valence-electron chi connectivity index (χ3n) is 9.24. The van der Waals surface area contributed by atoms with Crippen LogP contribution < -0.4 is 4.74 Å². The average Bonchev–Trinajstić information content (AvgIpc) is 3.02. The van der Waals surface area contributed by atoms with Crippen LogP contribution in [0.25, 0.3) is 0 Å². The summed E-state index contributed by atoms with van der Waals surface area (Å²) in [4.78, 5) is 48.6. The summed E-state index contributed by atoms with van der Waals surface area (Å²) >= 11 is 0. The molecule has 2 aromatic carbocycles. The van der Waals surface area contributed by atoms with Crippen LogP contribution in [0.1, 0.15) is 97.6 Å². The molecule has 3 rings (SSSR count). The summed E-state index contributed by atoms with van der Waals surface area (Å²) in [6.45, 7) is 18.3. The predicted molar refractivity (Wildman–Crippen MR) is 191 cm³/mol. The number of carbonyl (C=O) groups is 4. The molecule has 0 radical (unpaired) electrons. The maximum absolute atomic E-state index is 12.4. The van der Waals surface area contributed by atoms with Gasteiger partial charge in [0.1, 0.15) is 32.6 Å². The highest BCUT2D eigenvalue weighted by molar-refractivity contribution is 6.90. The molecule has 0 aromatic heterocycles. The minimum Gasteiger partial charge on any atom is -0.496 e. The molecule has 0 spiro atoms. The number of esters is 4. The SMILES string of the molecule is COc1ccc(Cc2ccc(C#C[Si](C(C)C)(C(C)C)C(C)C)cc2)cc1[C@@H]1O[C@H](COC(C)=O)[C@@H](OC(C)=O)[C@H](OC(C)=O)[C@H]1OC(C)=O. The molecule has 1 fully saturated rings. The van der Waals surface area contributed by atoms with E-state index in [1.165, 1.54) is 34.8 Å². The van der Waals surface area contributed by atoms with Crippen LogP contribution in [0, 0.1) is 11.5 Å². The predicted octanol–water partition coefficient (Wildman–Crippen LogP) is 6.65. The van der Waals surface area contributed by atoms with Gasteiger partial charge in [-0.15, -0.1) is 5.54 Å². The van der Waals surface area contributed by atoms with Crippen LogP contribution in [0.3, 0.4) is 0 Å². The minimum absolute atomic E-state index is 0.319. The first-order chi connectivity index (χ1) is 23.5. The largest absolute Gasteiger partial charge is 0.496 e. The van der Waals surface area contributed by atoms with Gasteiger partial charge in [-0.05, 0) is 58.4 Å². The minimum atomic E-state index is -1.87. The third kappa shape index (κ3) is 9.98. The summed E-state index contributed by atoms with van der Waals surface area (Å²) in [6.07, 6.45) is -5.36. The van der Waals surface area contributed by atoms with Crippen molar-refractivity contribution in [2.75, 3.05) is 13.7 Å². The van der Waals surface area contributed by atoms with E-state index in [1.807, 2.05) is 24.3 Å². The lowest BCUT2D eigenvalue weighted by molar-refractivity contribution is -0.254. The van der Waals surface area contributed by atoms with Crippen molar-refractivity contribution in [3.8, 4) is 17.2 Å². The Kier molecular flexibility index (Phi) is 14.2. The van der Waals surface area contributed by atoms with E-state index >= 15 is 0 Å². The molecule has 0 unspecified atom stereocenters. The quantitative estimate of drug-likeness (QED) is 0.102. The zero-order valence-electron chi connectivity index (χ0n) is 31.2. The lowest BCUT2D eigenvalue weighted by atomic mass is 9.88. The number of ether oxygens (including phenoxy) is 6. The van der Waals surface area contributed by atoms with E-state index in [0.717, 1.165) is 16.7 Å². The molecule has 1 aliphatic heterocycles. The summed E-state index contributed by atoms with van der Waals surface area (Å²) in [7, 11) is -0.370. The fraction of sp³-hybridized carbons (Fsp3) is 0.538. The summed E-state index contributed by atoms with van der Waals surface area (Å²) < 4.78 is 34.2. The number of benzene rings is 2. The molecule has 0 saturated carbocycles. The lowest BCUT2D eigenvalue weighted by Crippen LogP contribution is -2.59. The molecule has 50 heavy (non-hydrogen) atoms. The van der Waals surface area contributed by atoms with Crippen molar-refractivity contribution in [3.05, 3.63) is 64.7 Å². The van der Waals surface area contributed by atoms with E-state index in [1.54, 1.807) is 6.07 Å². The summed E-state index contributed by atoms with van der Waals surface area (Å²) in [6, 6.07) is 13.8. The highest BCUT2D eigenvalue weighted by Crippen LogP contribution is 2.42. The van der Waals surface area contributed by atoms with Crippen LogP contribution in [-0.2, 0) is 49.3 Å². The molecule has 1 heterocycles. The van der Waals surface area contributed by atoms with Gasteiger partial charge in [0.05, 0.1) is 7.11 Å². The van der Waals surface area contributed by atoms with E-state index in [4.69, 9.17) is 28.4 Å². The van der Waals surface area contributed by atoms with Gasteiger partial charge in [-0.3, -0.25) is 19.2 Å². The van der Waals surface area contributed by atoms with Crippen LogP contribution >= 0.6 is 0 Å². The van der Waals surface area contributed by atoms with Gasteiger partial charge >= 0.3 is 23.9 Å². The van der Waals surface area contributed by atoms with Gasteiger partial charge < -0.3 is 28.4 Å². The van der Waals surface area contributed by atoms with Crippen molar-refractivity contribution in [3.63, 3.8) is 0 Å². The maximum atomic E-state index is 12.4. The van der Waals surface area contributed by atoms with Crippen molar-refractivity contribution in [1.29, 1.82) is 0 Å². The molecule has 5 atom stereocenters. The van der Waals surface area contributed by atoms with Crippen LogP contribution in [0.2, 0.25) is 16.6 Å². The Hall–Kier alpha value is -4.14. The van der Waals surface area contributed by atoms with E-state index in [9.17, 15) is 19.2 Å².